The van der Waals surface area contributed by atoms with E-state index >= 15 is 0 Å². The maximum Gasteiger partial charge on any atom is 0.341 e. The maximum absolute atomic E-state index is 12.5. The first kappa shape index (κ1) is 14.3. The first-order chi connectivity index (χ1) is 10.6. The third-order valence-corrected chi connectivity index (χ3v) is 3.96. The van der Waals surface area contributed by atoms with Crippen molar-refractivity contribution in [1.82, 2.24) is 0 Å². The molecule has 1 aliphatic heterocycles. The number of benzene rings is 2. The van der Waals surface area contributed by atoms with Crippen molar-refractivity contribution < 1.29 is 9.53 Å². The molecule has 1 heterocycles. The van der Waals surface area contributed by atoms with Gasteiger partial charge >= 0.3 is 5.97 Å². The standard InChI is InChI=1S/C19H17NO2/c1-3-16(14-10-6-4-7-11-14)19(2)18(21)22-17(20-19)15-12-8-5-9-13-15/h3-13,16H,1H2,2H3. The van der Waals surface area contributed by atoms with Crippen LogP contribution in [0.15, 0.2) is 78.3 Å². The summed E-state index contributed by atoms with van der Waals surface area (Å²) in [6, 6.07) is 19.2. The molecule has 0 amide bonds. The minimum Gasteiger partial charge on any atom is -0.405 e. The fraction of sp³-hybridized carbons (Fsp3) is 0.158. The molecule has 2 atom stereocenters. The van der Waals surface area contributed by atoms with Crippen molar-refractivity contribution in [2.45, 2.75) is 18.4 Å². The second-order valence-corrected chi connectivity index (χ2v) is 5.44. The Bertz CT molecular complexity index is 722. The van der Waals surface area contributed by atoms with E-state index < -0.39 is 5.54 Å². The lowest BCUT2D eigenvalue weighted by Crippen LogP contribution is -2.36. The second kappa shape index (κ2) is 5.60. The topological polar surface area (TPSA) is 38.7 Å². The quantitative estimate of drug-likeness (QED) is 0.636. The van der Waals surface area contributed by atoms with Crippen LogP contribution in [-0.4, -0.2) is 17.4 Å². The third kappa shape index (κ3) is 2.35. The molecule has 0 aromatic heterocycles. The van der Waals surface area contributed by atoms with Gasteiger partial charge in [-0.25, -0.2) is 9.79 Å². The van der Waals surface area contributed by atoms with Crippen LogP contribution in [0.2, 0.25) is 0 Å². The van der Waals surface area contributed by atoms with Crippen molar-refractivity contribution in [3.63, 3.8) is 0 Å². The largest absolute Gasteiger partial charge is 0.405 e. The summed E-state index contributed by atoms with van der Waals surface area (Å²) in [5.41, 5.74) is 0.805. The molecule has 3 heteroatoms. The lowest BCUT2D eigenvalue weighted by atomic mass is 9.81. The van der Waals surface area contributed by atoms with Gasteiger partial charge < -0.3 is 4.74 Å². The van der Waals surface area contributed by atoms with Crippen molar-refractivity contribution in [3.8, 4) is 0 Å². The van der Waals surface area contributed by atoms with Crippen molar-refractivity contribution in [2.75, 3.05) is 0 Å². The zero-order valence-electron chi connectivity index (χ0n) is 12.4. The van der Waals surface area contributed by atoms with Gasteiger partial charge in [0, 0.05) is 11.5 Å². The number of carbonyl (C=O) groups is 1. The molecule has 0 bridgehead atoms. The Labute approximate surface area is 130 Å². The Morgan fingerprint density at radius 3 is 2.27 bits per heavy atom. The molecule has 0 N–H and O–H groups in total. The van der Waals surface area contributed by atoms with Crippen LogP contribution in [0.25, 0.3) is 0 Å². The van der Waals surface area contributed by atoms with E-state index in [0.717, 1.165) is 11.1 Å². The summed E-state index contributed by atoms with van der Waals surface area (Å²) < 4.78 is 5.43. The molecule has 110 valence electrons. The Hall–Kier alpha value is -2.68. The highest BCUT2D eigenvalue weighted by molar-refractivity contribution is 6.08. The molecule has 0 saturated carbocycles. The van der Waals surface area contributed by atoms with Gasteiger partial charge in [-0.15, -0.1) is 6.58 Å². The number of ether oxygens (including phenoxy) is 1. The van der Waals surface area contributed by atoms with Crippen LogP contribution in [-0.2, 0) is 9.53 Å². The van der Waals surface area contributed by atoms with Gasteiger partial charge in [-0.05, 0) is 24.6 Å². The van der Waals surface area contributed by atoms with E-state index in [1.165, 1.54) is 0 Å². The summed E-state index contributed by atoms with van der Waals surface area (Å²) in [6.45, 7) is 5.68. The van der Waals surface area contributed by atoms with Crippen molar-refractivity contribution in [2.24, 2.45) is 4.99 Å². The van der Waals surface area contributed by atoms with Crippen molar-refractivity contribution >= 4 is 11.9 Å². The van der Waals surface area contributed by atoms with E-state index in [4.69, 9.17) is 4.74 Å². The molecule has 0 aliphatic carbocycles. The highest BCUT2D eigenvalue weighted by Crippen LogP contribution is 2.37. The van der Waals surface area contributed by atoms with Gasteiger partial charge in [-0.2, -0.15) is 0 Å². The average molecular weight is 291 g/mol. The van der Waals surface area contributed by atoms with E-state index in [1.54, 1.807) is 13.0 Å². The first-order valence-corrected chi connectivity index (χ1v) is 7.20. The third-order valence-electron chi connectivity index (χ3n) is 3.96. The molecule has 22 heavy (non-hydrogen) atoms. The Kier molecular flexibility index (Phi) is 3.63. The molecule has 3 nitrogen and oxygen atoms in total. The number of nitrogens with zero attached hydrogens (tertiary/aromatic N) is 1. The summed E-state index contributed by atoms with van der Waals surface area (Å²) in [7, 11) is 0. The second-order valence-electron chi connectivity index (χ2n) is 5.44. The van der Waals surface area contributed by atoms with Crippen LogP contribution in [0, 0.1) is 0 Å². The van der Waals surface area contributed by atoms with Crippen LogP contribution in [0.5, 0.6) is 0 Å². The minimum atomic E-state index is -0.992. The number of esters is 1. The predicted molar refractivity (Wildman–Crippen MR) is 86.9 cm³/mol. The average Bonchev–Trinajstić information content (AvgIpc) is 2.86. The van der Waals surface area contributed by atoms with Crippen molar-refractivity contribution in [3.05, 3.63) is 84.4 Å². The van der Waals surface area contributed by atoms with Gasteiger partial charge in [0.05, 0.1) is 0 Å². The van der Waals surface area contributed by atoms with Gasteiger partial charge in [0.15, 0.2) is 5.54 Å². The summed E-state index contributed by atoms with van der Waals surface area (Å²) in [4.78, 5) is 17.1. The molecule has 0 fully saturated rings. The van der Waals surface area contributed by atoms with E-state index in [0.29, 0.717) is 5.90 Å². The number of cyclic esters (lactones) is 1. The number of hydrogen-bond donors (Lipinski definition) is 0. The molecule has 0 radical (unpaired) electrons. The minimum absolute atomic E-state index is 0.234. The Morgan fingerprint density at radius 1 is 1.09 bits per heavy atom. The summed E-state index contributed by atoms with van der Waals surface area (Å²) in [5.74, 6) is -0.210. The highest BCUT2D eigenvalue weighted by Gasteiger charge is 2.47. The van der Waals surface area contributed by atoms with Gasteiger partial charge in [-0.3, -0.25) is 0 Å². The maximum atomic E-state index is 12.5. The monoisotopic (exact) mass is 291 g/mol. The molecule has 2 unspecified atom stereocenters. The molecule has 2 aromatic carbocycles. The van der Waals surface area contributed by atoms with Crippen LogP contribution < -0.4 is 0 Å². The fourth-order valence-electron chi connectivity index (χ4n) is 2.72. The normalized spacial score (nSPS) is 21.9. The fourth-order valence-corrected chi connectivity index (χ4v) is 2.72. The number of hydrogen-bond acceptors (Lipinski definition) is 3. The lowest BCUT2D eigenvalue weighted by molar-refractivity contribution is -0.138. The summed E-state index contributed by atoms with van der Waals surface area (Å²) in [5, 5.41) is 0. The van der Waals surface area contributed by atoms with E-state index in [-0.39, 0.29) is 11.9 Å². The van der Waals surface area contributed by atoms with E-state index in [1.807, 2.05) is 60.7 Å². The Morgan fingerprint density at radius 2 is 1.68 bits per heavy atom. The zero-order chi connectivity index (χ0) is 15.6. The van der Waals surface area contributed by atoms with Gasteiger partial charge in [-0.1, -0.05) is 54.6 Å². The lowest BCUT2D eigenvalue weighted by Gasteiger charge is -2.25. The molecule has 3 rings (SSSR count). The van der Waals surface area contributed by atoms with E-state index in [2.05, 4.69) is 11.6 Å². The first-order valence-electron chi connectivity index (χ1n) is 7.20. The van der Waals surface area contributed by atoms with E-state index in [9.17, 15) is 4.79 Å². The molecule has 2 aromatic rings. The SMILES string of the molecule is C=CC(c1ccccc1)C1(C)N=C(c2ccccc2)OC1=O. The van der Waals surface area contributed by atoms with Crippen molar-refractivity contribution in [1.29, 1.82) is 0 Å². The zero-order valence-corrected chi connectivity index (χ0v) is 12.4. The molecule has 1 aliphatic rings. The smallest absolute Gasteiger partial charge is 0.341 e. The summed E-state index contributed by atoms with van der Waals surface area (Å²) >= 11 is 0. The number of aliphatic imine (C=N–C) groups is 1. The van der Waals surface area contributed by atoms with Crippen LogP contribution in [0.3, 0.4) is 0 Å². The Balaban J connectivity index is 2.02. The van der Waals surface area contributed by atoms with Gasteiger partial charge in [0.25, 0.3) is 0 Å². The van der Waals surface area contributed by atoms with Gasteiger partial charge in [0.2, 0.25) is 5.90 Å². The molecular weight excluding hydrogens is 274 g/mol. The number of rotatable bonds is 4. The van der Waals surface area contributed by atoms with Crippen LogP contribution in [0.1, 0.15) is 24.0 Å². The predicted octanol–water partition coefficient (Wildman–Crippen LogP) is 3.72. The highest BCUT2D eigenvalue weighted by atomic mass is 16.6. The van der Waals surface area contributed by atoms with Gasteiger partial charge in [0.1, 0.15) is 0 Å². The molecule has 0 spiro atoms. The molecule has 0 saturated heterocycles. The van der Waals surface area contributed by atoms with Crippen LogP contribution in [0.4, 0.5) is 0 Å². The number of carbonyl (C=O) groups excluding carboxylic acids is 1. The molecular formula is C19H17NO2. The summed E-state index contributed by atoms with van der Waals surface area (Å²) in [6.07, 6.45) is 1.76. The van der Waals surface area contributed by atoms with Crippen LogP contribution >= 0.6 is 0 Å².